The highest BCUT2D eigenvalue weighted by Gasteiger charge is 2.34. The van der Waals surface area contributed by atoms with Crippen LogP contribution < -0.4 is 5.32 Å². The van der Waals surface area contributed by atoms with Crippen LogP contribution in [0.1, 0.15) is 33.1 Å². The van der Waals surface area contributed by atoms with E-state index in [0.717, 1.165) is 23.9 Å². The molecule has 2 aliphatic rings. The maximum Gasteiger partial charge on any atom is 0.0220 e. The molecule has 1 saturated heterocycles. The third kappa shape index (κ3) is 2.29. The van der Waals surface area contributed by atoms with Crippen molar-refractivity contribution in [3.8, 4) is 0 Å². The van der Waals surface area contributed by atoms with Gasteiger partial charge in [-0.3, -0.25) is 4.90 Å². The second kappa shape index (κ2) is 4.19. The first-order valence-electron chi connectivity index (χ1n) is 6.12. The van der Waals surface area contributed by atoms with Crippen molar-refractivity contribution in [3.63, 3.8) is 0 Å². The molecule has 0 aromatic rings. The number of rotatable bonds is 4. The highest BCUT2D eigenvalue weighted by Crippen LogP contribution is 2.34. The van der Waals surface area contributed by atoms with E-state index in [2.05, 4.69) is 31.1 Å². The summed E-state index contributed by atoms with van der Waals surface area (Å²) in [6, 6.07) is 1.56. The predicted octanol–water partition coefficient (Wildman–Crippen LogP) is 1.71. The van der Waals surface area contributed by atoms with E-state index in [1.54, 1.807) is 0 Å². The van der Waals surface area contributed by atoms with Crippen LogP contribution in [-0.4, -0.2) is 37.1 Å². The van der Waals surface area contributed by atoms with E-state index in [4.69, 9.17) is 0 Å². The lowest BCUT2D eigenvalue weighted by Gasteiger charge is -2.26. The van der Waals surface area contributed by atoms with Crippen LogP contribution >= 0.6 is 0 Å². The van der Waals surface area contributed by atoms with Crippen molar-refractivity contribution in [3.05, 3.63) is 0 Å². The largest absolute Gasteiger partial charge is 0.315 e. The van der Waals surface area contributed by atoms with Gasteiger partial charge in [0.25, 0.3) is 0 Å². The lowest BCUT2D eigenvalue weighted by Crippen LogP contribution is -2.42. The van der Waals surface area contributed by atoms with Crippen LogP contribution in [0.5, 0.6) is 0 Å². The minimum absolute atomic E-state index is 0.753. The molecule has 82 valence electrons. The van der Waals surface area contributed by atoms with Gasteiger partial charge in [-0.05, 0) is 45.1 Å². The van der Waals surface area contributed by atoms with Crippen LogP contribution in [-0.2, 0) is 0 Å². The van der Waals surface area contributed by atoms with Gasteiger partial charge in [-0.2, -0.15) is 0 Å². The molecule has 3 unspecified atom stereocenters. The van der Waals surface area contributed by atoms with Gasteiger partial charge in [0.15, 0.2) is 0 Å². The third-order valence-electron chi connectivity index (χ3n) is 3.91. The summed E-state index contributed by atoms with van der Waals surface area (Å²) in [7, 11) is 2.12. The van der Waals surface area contributed by atoms with Gasteiger partial charge in [0.2, 0.25) is 0 Å². The lowest BCUT2D eigenvalue weighted by molar-refractivity contribution is 0.227. The van der Waals surface area contributed by atoms with Crippen LogP contribution in [0.15, 0.2) is 0 Å². The smallest absolute Gasteiger partial charge is 0.0220 e. The van der Waals surface area contributed by atoms with E-state index in [1.807, 2.05) is 0 Å². The molecule has 2 heteroatoms. The van der Waals surface area contributed by atoms with Gasteiger partial charge >= 0.3 is 0 Å². The van der Waals surface area contributed by atoms with Gasteiger partial charge in [0, 0.05) is 25.2 Å². The Morgan fingerprint density at radius 3 is 2.50 bits per heavy atom. The zero-order valence-corrected chi connectivity index (χ0v) is 9.79. The molecule has 1 heterocycles. The summed E-state index contributed by atoms with van der Waals surface area (Å²) in [5.74, 6) is 1.88. The Hall–Kier alpha value is -0.0800. The maximum atomic E-state index is 3.48. The van der Waals surface area contributed by atoms with Gasteiger partial charge in [0.1, 0.15) is 0 Å². The summed E-state index contributed by atoms with van der Waals surface area (Å²) in [5.41, 5.74) is 0. The number of hydrogen-bond acceptors (Lipinski definition) is 2. The summed E-state index contributed by atoms with van der Waals surface area (Å²) in [4.78, 5) is 2.67. The second-order valence-corrected chi connectivity index (χ2v) is 5.38. The molecule has 1 saturated carbocycles. The van der Waals surface area contributed by atoms with Crippen molar-refractivity contribution in [1.29, 1.82) is 0 Å². The molecule has 2 nitrogen and oxygen atoms in total. The minimum atomic E-state index is 0.753. The first-order valence-corrected chi connectivity index (χ1v) is 6.12. The lowest BCUT2D eigenvalue weighted by atomic mass is 10.1. The van der Waals surface area contributed by atoms with Crippen molar-refractivity contribution in [2.45, 2.75) is 45.2 Å². The van der Waals surface area contributed by atoms with Crippen molar-refractivity contribution in [1.82, 2.24) is 10.2 Å². The van der Waals surface area contributed by atoms with Gasteiger partial charge in [-0.1, -0.05) is 6.92 Å². The number of likely N-dealkylation sites (N-methyl/N-ethyl adjacent to an activating group) is 1. The molecule has 0 aromatic heterocycles. The standard InChI is InChI=1S/C12H24N2/c1-9-6-10(2)14(7-9)8-12(13-3)11-4-5-11/h9-13H,4-8H2,1-3H3. The monoisotopic (exact) mass is 196 g/mol. The number of hydrogen-bond donors (Lipinski definition) is 1. The van der Waals surface area contributed by atoms with Gasteiger partial charge in [-0.15, -0.1) is 0 Å². The number of likely N-dealkylation sites (tertiary alicyclic amines) is 1. The van der Waals surface area contributed by atoms with Crippen LogP contribution in [0.4, 0.5) is 0 Å². The Labute approximate surface area is 88.1 Å². The Morgan fingerprint density at radius 2 is 2.07 bits per heavy atom. The molecular weight excluding hydrogens is 172 g/mol. The van der Waals surface area contributed by atoms with E-state index in [-0.39, 0.29) is 0 Å². The average molecular weight is 196 g/mol. The first-order chi connectivity index (χ1) is 6.70. The first kappa shape index (κ1) is 10.4. The Balaban J connectivity index is 1.83. The second-order valence-electron chi connectivity index (χ2n) is 5.38. The predicted molar refractivity (Wildman–Crippen MR) is 60.4 cm³/mol. The van der Waals surface area contributed by atoms with Gasteiger partial charge in [0.05, 0.1) is 0 Å². The summed E-state index contributed by atoms with van der Waals surface area (Å²) in [6.45, 7) is 7.34. The number of nitrogens with zero attached hydrogens (tertiary/aromatic N) is 1. The molecule has 14 heavy (non-hydrogen) atoms. The zero-order chi connectivity index (χ0) is 10.1. The topological polar surface area (TPSA) is 15.3 Å². The van der Waals surface area contributed by atoms with E-state index >= 15 is 0 Å². The molecule has 2 rings (SSSR count). The summed E-state index contributed by atoms with van der Waals surface area (Å²) >= 11 is 0. The highest BCUT2D eigenvalue weighted by atomic mass is 15.2. The van der Waals surface area contributed by atoms with E-state index in [0.29, 0.717) is 0 Å². The van der Waals surface area contributed by atoms with E-state index in [9.17, 15) is 0 Å². The van der Waals surface area contributed by atoms with E-state index in [1.165, 1.54) is 32.4 Å². The molecule has 1 aliphatic heterocycles. The molecule has 0 bridgehead atoms. The Bertz CT molecular complexity index is 189. The van der Waals surface area contributed by atoms with E-state index < -0.39 is 0 Å². The van der Waals surface area contributed by atoms with Crippen molar-refractivity contribution in [2.24, 2.45) is 11.8 Å². The third-order valence-corrected chi connectivity index (χ3v) is 3.91. The summed E-state index contributed by atoms with van der Waals surface area (Å²) in [6.07, 6.45) is 4.29. The molecule has 1 aliphatic carbocycles. The maximum absolute atomic E-state index is 3.48. The van der Waals surface area contributed by atoms with Crippen LogP contribution in [0.2, 0.25) is 0 Å². The van der Waals surface area contributed by atoms with Crippen molar-refractivity contribution >= 4 is 0 Å². The molecule has 2 fully saturated rings. The molecule has 0 amide bonds. The fourth-order valence-electron chi connectivity index (χ4n) is 2.87. The molecule has 1 N–H and O–H groups in total. The van der Waals surface area contributed by atoms with Crippen LogP contribution in [0.3, 0.4) is 0 Å². The zero-order valence-electron chi connectivity index (χ0n) is 9.79. The Kier molecular flexibility index (Phi) is 3.13. The molecule has 0 spiro atoms. The molecule has 0 aromatic carbocycles. The normalized spacial score (nSPS) is 36.2. The van der Waals surface area contributed by atoms with Crippen LogP contribution in [0, 0.1) is 11.8 Å². The SMILES string of the molecule is CNC(CN1CC(C)CC1C)C1CC1. The fourth-order valence-corrected chi connectivity index (χ4v) is 2.87. The quantitative estimate of drug-likeness (QED) is 0.736. The summed E-state index contributed by atoms with van der Waals surface area (Å²) in [5, 5.41) is 3.48. The van der Waals surface area contributed by atoms with Crippen LogP contribution in [0.25, 0.3) is 0 Å². The molecule has 0 radical (unpaired) electrons. The fraction of sp³-hybridized carbons (Fsp3) is 1.00. The average Bonchev–Trinajstić information content (AvgIpc) is 2.91. The van der Waals surface area contributed by atoms with Gasteiger partial charge < -0.3 is 5.32 Å². The summed E-state index contributed by atoms with van der Waals surface area (Å²) < 4.78 is 0. The molecule has 3 atom stereocenters. The van der Waals surface area contributed by atoms with Gasteiger partial charge in [-0.25, -0.2) is 0 Å². The number of nitrogens with one attached hydrogen (secondary N) is 1. The minimum Gasteiger partial charge on any atom is -0.315 e. The molecular formula is C12H24N2. The Morgan fingerprint density at radius 1 is 1.36 bits per heavy atom. The van der Waals surface area contributed by atoms with Crippen molar-refractivity contribution in [2.75, 3.05) is 20.1 Å². The van der Waals surface area contributed by atoms with Crippen molar-refractivity contribution < 1.29 is 0 Å². The highest BCUT2D eigenvalue weighted by molar-refractivity contribution is 4.90.